The largest absolute Gasteiger partial charge is 0.393 e. The van der Waals surface area contributed by atoms with E-state index in [2.05, 4.69) is 57.7 Å². The van der Waals surface area contributed by atoms with Gasteiger partial charge in [0.25, 0.3) is 0 Å². The van der Waals surface area contributed by atoms with Gasteiger partial charge in [-0.2, -0.15) is 0 Å². The van der Waals surface area contributed by atoms with Crippen LogP contribution >= 0.6 is 0 Å². The molecule has 2 unspecified atom stereocenters. The molecule has 0 aromatic heterocycles. The van der Waals surface area contributed by atoms with E-state index in [1.54, 1.807) is 5.57 Å². The number of ether oxygens (including phenoxy) is 1. The predicted molar refractivity (Wildman–Crippen MR) is 145 cm³/mol. The van der Waals surface area contributed by atoms with Crippen molar-refractivity contribution in [2.24, 2.45) is 45.8 Å². The Morgan fingerprint density at radius 3 is 2.72 bits per heavy atom. The molecule has 4 nitrogen and oxygen atoms in total. The normalized spacial score (nSPS) is 57.6. The molecule has 0 bridgehead atoms. The number of piperidine rings is 1. The molecular weight excluding hydrogens is 444 g/mol. The Kier molecular flexibility index (Phi) is 5.35. The predicted octanol–water partition coefficient (Wildman–Crippen LogP) is 5.36. The van der Waals surface area contributed by atoms with E-state index in [-0.39, 0.29) is 11.7 Å². The highest BCUT2D eigenvalue weighted by Gasteiger charge is 2.84. The minimum Gasteiger partial charge on any atom is -0.393 e. The van der Waals surface area contributed by atoms with Crippen molar-refractivity contribution in [1.29, 1.82) is 0 Å². The van der Waals surface area contributed by atoms with Gasteiger partial charge >= 0.3 is 0 Å². The molecule has 12 atom stereocenters. The van der Waals surface area contributed by atoms with Gasteiger partial charge in [0.05, 0.1) is 17.8 Å². The fraction of sp³-hybridized carbons (Fsp3) is 0.938. The summed E-state index contributed by atoms with van der Waals surface area (Å²) in [7, 11) is 4.43. The van der Waals surface area contributed by atoms with Crippen LogP contribution < -0.4 is 0 Å². The average Bonchev–Trinajstić information content (AvgIpc) is 3.16. The molecule has 2 saturated heterocycles. The van der Waals surface area contributed by atoms with Crippen molar-refractivity contribution >= 4 is 0 Å². The third kappa shape index (κ3) is 2.97. The lowest BCUT2D eigenvalue weighted by molar-refractivity contribution is -0.148. The maximum absolute atomic E-state index is 10.4. The first kappa shape index (κ1) is 24.6. The lowest BCUT2D eigenvalue weighted by atomic mass is 9.56. The van der Waals surface area contributed by atoms with Crippen LogP contribution in [0.15, 0.2) is 11.6 Å². The Morgan fingerprint density at radius 2 is 1.94 bits per heavy atom. The molecule has 36 heavy (non-hydrogen) atoms. The molecule has 0 aromatic carbocycles. The van der Waals surface area contributed by atoms with Crippen LogP contribution in [0.5, 0.6) is 0 Å². The summed E-state index contributed by atoms with van der Waals surface area (Å²) < 4.78 is 7.47. The number of hydrogen-bond acceptors (Lipinski definition) is 4. The average molecular weight is 497 g/mol. The van der Waals surface area contributed by atoms with E-state index in [0.29, 0.717) is 34.3 Å². The summed E-state index contributed by atoms with van der Waals surface area (Å²) in [6.07, 6.45) is 14.1. The summed E-state index contributed by atoms with van der Waals surface area (Å²) in [6.45, 7) is 13.9. The van der Waals surface area contributed by atoms with E-state index in [0.717, 1.165) is 43.1 Å². The van der Waals surface area contributed by atoms with Gasteiger partial charge in [0, 0.05) is 37.0 Å². The van der Waals surface area contributed by atoms with E-state index in [9.17, 15) is 5.11 Å². The molecule has 6 fully saturated rings. The van der Waals surface area contributed by atoms with Gasteiger partial charge in [-0.1, -0.05) is 39.3 Å². The molecule has 7 aliphatic rings. The zero-order chi connectivity index (χ0) is 25.3. The van der Waals surface area contributed by atoms with Crippen molar-refractivity contribution in [3.63, 3.8) is 0 Å². The molecule has 202 valence electrons. The molecule has 0 aromatic rings. The Bertz CT molecular complexity index is 948. The molecule has 1 N–H and O–H groups in total. The number of aliphatic hydroxyl groups is 1. The minimum absolute atomic E-state index is 0.0761. The van der Waals surface area contributed by atoms with Crippen molar-refractivity contribution in [1.82, 2.24) is 9.80 Å². The van der Waals surface area contributed by atoms with Crippen LogP contribution in [-0.2, 0) is 4.74 Å². The number of aliphatic hydroxyl groups excluding tert-OH is 1. The number of likely N-dealkylation sites (N-methyl/N-ethyl adjacent to an activating group) is 1. The molecular formula is C32H52N2O2. The summed E-state index contributed by atoms with van der Waals surface area (Å²) in [5, 5.41) is 10.4. The fourth-order valence-electron chi connectivity index (χ4n) is 12.0. The van der Waals surface area contributed by atoms with Crippen LogP contribution in [0.1, 0.15) is 85.5 Å². The second-order valence-corrected chi connectivity index (χ2v) is 15.5. The van der Waals surface area contributed by atoms with Crippen LogP contribution in [0, 0.1) is 45.8 Å². The third-order valence-electron chi connectivity index (χ3n) is 13.8. The van der Waals surface area contributed by atoms with Gasteiger partial charge in [-0.05, 0) is 106 Å². The lowest BCUT2D eigenvalue weighted by Crippen LogP contribution is -2.55. The third-order valence-corrected chi connectivity index (χ3v) is 13.8. The first-order chi connectivity index (χ1) is 17.0. The summed E-state index contributed by atoms with van der Waals surface area (Å²) in [6, 6.07) is 0.599. The highest BCUT2D eigenvalue weighted by atomic mass is 16.5. The summed E-state index contributed by atoms with van der Waals surface area (Å²) >= 11 is 0. The summed E-state index contributed by atoms with van der Waals surface area (Å²) in [4.78, 5) is 5.18. The van der Waals surface area contributed by atoms with Gasteiger partial charge in [0.2, 0.25) is 0 Å². The zero-order valence-corrected chi connectivity index (χ0v) is 23.9. The second kappa shape index (κ2) is 7.83. The van der Waals surface area contributed by atoms with E-state index < -0.39 is 0 Å². The summed E-state index contributed by atoms with van der Waals surface area (Å²) in [5.41, 5.74) is 2.87. The topological polar surface area (TPSA) is 35.9 Å². The van der Waals surface area contributed by atoms with Crippen molar-refractivity contribution in [3.05, 3.63) is 11.6 Å². The first-order valence-electron chi connectivity index (χ1n) is 15.5. The smallest absolute Gasteiger partial charge is 0.0787 e. The highest BCUT2D eigenvalue weighted by molar-refractivity contribution is 5.36. The Labute approximate surface area is 220 Å². The van der Waals surface area contributed by atoms with Gasteiger partial charge in [-0.15, -0.1) is 0 Å². The minimum atomic E-state index is -0.105. The lowest BCUT2D eigenvalue weighted by Gasteiger charge is -2.50. The monoisotopic (exact) mass is 496 g/mol. The zero-order valence-electron chi connectivity index (χ0n) is 23.9. The molecule has 2 heterocycles. The van der Waals surface area contributed by atoms with Crippen LogP contribution in [-0.4, -0.2) is 72.5 Å². The van der Waals surface area contributed by atoms with E-state index in [4.69, 9.17) is 4.74 Å². The van der Waals surface area contributed by atoms with Crippen molar-refractivity contribution in [3.8, 4) is 0 Å². The van der Waals surface area contributed by atoms with Crippen LogP contribution in [0.25, 0.3) is 0 Å². The standard InChI is InChI=1S/C32H52N2O2/c1-20-15-27-28(34(18-20)14-13-33(5)6)21(2)32(36-27)12-10-25-24-8-7-22-16-23(35)9-11-29(22,3)26(24)17-31(25)19-30(31,32)4/h7,20-21,23-28,35H,8-19H2,1-6H3/t20-,21+,23-,24-,25-,26-,27+,28-,29-,30?,31?,32+/m0/s1. The van der Waals surface area contributed by atoms with Crippen LogP contribution in [0.4, 0.5) is 0 Å². The van der Waals surface area contributed by atoms with Gasteiger partial charge in [0.1, 0.15) is 0 Å². The number of rotatable bonds is 3. The van der Waals surface area contributed by atoms with Crippen molar-refractivity contribution in [2.75, 3.05) is 33.7 Å². The Morgan fingerprint density at radius 1 is 1.14 bits per heavy atom. The molecule has 7 rings (SSSR count). The Balaban J connectivity index is 1.19. The van der Waals surface area contributed by atoms with E-state index in [1.807, 2.05) is 0 Å². The quantitative estimate of drug-likeness (QED) is 0.534. The van der Waals surface area contributed by atoms with Gasteiger partial charge in [-0.25, -0.2) is 0 Å². The molecule has 4 heteroatoms. The molecule has 2 aliphatic heterocycles. The highest BCUT2D eigenvalue weighted by Crippen LogP contribution is 2.87. The number of hydrogen-bond donors (Lipinski definition) is 1. The molecule has 0 radical (unpaired) electrons. The molecule has 0 amide bonds. The molecule has 4 saturated carbocycles. The maximum atomic E-state index is 10.4. The van der Waals surface area contributed by atoms with Crippen molar-refractivity contribution in [2.45, 2.75) is 109 Å². The Hall–Kier alpha value is -0.420. The van der Waals surface area contributed by atoms with Crippen LogP contribution in [0.3, 0.4) is 0 Å². The van der Waals surface area contributed by atoms with E-state index in [1.165, 1.54) is 58.0 Å². The SMILES string of the molecule is C[C@H]1C[C@H]2O[C@]3(CC[C@H]4[C@@H]5CC=C6C[C@@H](O)CC[C@]6(C)[C@H]5CC45CC53C)[C@H](C)[C@@H]2N(CCN(C)C)C1. The number of likely N-dealkylation sites (tertiary alicyclic amines) is 1. The molecule has 2 spiro atoms. The number of fused-ring (bicyclic) bond motifs is 6. The fourth-order valence-corrected chi connectivity index (χ4v) is 12.0. The summed E-state index contributed by atoms with van der Waals surface area (Å²) in [5.74, 6) is 3.93. The van der Waals surface area contributed by atoms with Crippen molar-refractivity contribution < 1.29 is 9.84 Å². The first-order valence-corrected chi connectivity index (χ1v) is 15.5. The van der Waals surface area contributed by atoms with Gasteiger partial charge in [-0.3, -0.25) is 4.90 Å². The number of allylic oxidation sites excluding steroid dienone is 1. The van der Waals surface area contributed by atoms with E-state index >= 15 is 0 Å². The second-order valence-electron chi connectivity index (χ2n) is 15.5. The van der Waals surface area contributed by atoms with Gasteiger partial charge < -0.3 is 14.7 Å². The van der Waals surface area contributed by atoms with Crippen LogP contribution in [0.2, 0.25) is 0 Å². The van der Waals surface area contributed by atoms with Gasteiger partial charge in [0.15, 0.2) is 0 Å². The number of nitrogens with zero attached hydrogens (tertiary/aromatic N) is 2. The maximum Gasteiger partial charge on any atom is 0.0787 e. The molecule has 5 aliphatic carbocycles.